The maximum atomic E-state index is 13.5. The van der Waals surface area contributed by atoms with Gasteiger partial charge in [0.25, 0.3) is 0 Å². The molecule has 5 atom stereocenters. The number of hydrogen-bond acceptors (Lipinski definition) is 5. The number of piperidine rings is 2. The van der Waals surface area contributed by atoms with Gasteiger partial charge in [-0.3, -0.25) is 9.69 Å². The van der Waals surface area contributed by atoms with Crippen molar-refractivity contribution in [1.29, 1.82) is 0 Å². The van der Waals surface area contributed by atoms with E-state index in [-0.39, 0.29) is 12.0 Å². The lowest BCUT2D eigenvalue weighted by molar-refractivity contribution is -0.162. The van der Waals surface area contributed by atoms with Crippen LogP contribution in [0.3, 0.4) is 0 Å². The molecule has 2 unspecified atom stereocenters. The number of H-pyrrole nitrogens is 1. The predicted molar refractivity (Wildman–Crippen MR) is 111 cm³/mol. The summed E-state index contributed by atoms with van der Waals surface area (Å²) in [6, 6.07) is 4.24. The molecule has 2 aromatic rings. The fraction of sp³-hybridized carbons (Fsp3) is 0.609. The zero-order valence-electron chi connectivity index (χ0n) is 17.7. The van der Waals surface area contributed by atoms with Gasteiger partial charge in [0.1, 0.15) is 5.41 Å². The number of nitrogens with one attached hydrogen (secondary N) is 1. The first-order valence-corrected chi connectivity index (χ1v) is 10.7. The predicted octanol–water partition coefficient (Wildman–Crippen LogP) is 3.27. The minimum absolute atomic E-state index is 0.0935. The molecule has 4 heterocycles. The Balaban J connectivity index is 1.79. The molecule has 6 heteroatoms. The van der Waals surface area contributed by atoms with Crippen molar-refractivity contribution in [3.05, 3.63) is 23.4 Å². The smallest absolute Gasteiger partial charge is 0.319 e. The highest BCUT2D eigenvalue weighted by Crippen LogP contribution is 2.55. The minimum Gasteiger partial charge on any atom is -0.493 e. The molecule has 1 aromatic carbocycles. The number of benzene rings is 1. The second-order valence-electron chi connectivity index (χ2n) is 8.86. The van der Waals surface area contributed by atoms with Crippen LogP contribution in [0.2, 0.25) is 0 Å². The van der Waals surface area contributed by atoms with Crippen molar-refractivity contribution < 1.29 is 19.0 Å². The first-order chi connectivity index (χ1) is 14.1. The Kier molecular flexibility index (Phi) is 4.32. The molecule has 4 aliphatic rings. The second-order valence-corrected chi connectivity index (χ2v) is 8.86. The topological polar surface area (TPSA) is 63.8 Å². The summed E-state index contributed by atoms with van der Waals surface area (Å²) in [5.74, 6) is 2.37. The SMILES string of the molecule is CC[C@H]1C[C@@H]2CN3CCc4c([nH]c5cc(OC)c(OC)cc45)[C@](C(=O)OC)(C2)C13. The average molecular weight is 399 g/mol. The number of aromatic nitrogens is 1. The van der Waals surface area contributed by atoms with E-state index in [1.54, 1.807) is 14.2 Å². The van der Waals surface area contributed by atoms with Gasteiger partial charge in [-0.15, -0.1) is 0 Å². The summed E-state index contributed by atoms with van der Waals surface area (Å²) >= 11 is 0. The first-order valence-electron chi connectivity index (χ1n) is 10.7. The van der Waals surface area contributed by atoms with E-state index in [0.29, 0.717) is 17.6 Å². The van der Waals surface area contributed by atoms with Gasteiger partial charge in [-0.2, -0.15) is 0 Å². The number of rotatable bonds is 4. The fourth-order valence-corrected chi connectivity index (χ4v) is 6.64. The monoisotopic (exact) mass is 398 g/mol. The van der Waals surface area contributed by atoms with Crippen LogP contribution in [0.15, 0.2) is 12.1 Å². The van der Waals surface area contributed by atoms with Crippen molar-refractivity contribution in [1.82, 2.24) is 9.88 Å². The highest BCUT2D eigenvalue weighted by Gasteiger charge is 2.62. The Hall–Kier alpha value is -2.21. The Bertz CT molecular complexity index is 967. The molecular weight excluding hydrogens is 368 g/mol. The maximum Gasteiger partial charge on any atom is 0.319 e. The number of fused-ring (bicyclic) bond motifs is 4. The summed E-state index contributed by atoms with van der Waals surface area (Å²) < 4.78 is 16.5. The van der Waals surface area contributed by atoms with Gasteiger partial charge in [-0.05, 0) is 42.7 Å². The lowest BCUT2D eigenvalue weighted by atomic mass is 9.56. The van der Waals surface area contributed by atoms with Crippen LogP contribution in [0.1, 0.15) is 37.4 Å². The molecule has 1 aliphatic carbocycles. The van der Waals surface area contributed by atoms with Gasteiger partial charge < -0.3 is 19.2 Å². The first kappa shape index (κ1) is 18.8. The summed E-state index contributed by atoms with van der Waals surface area (Å²) in [7, 11) is 4.84. The molecule has 1 saturated carbocycles. The Morgan fingerprint density at radius 1 is 1.24 bits per heavy atom. The zero-order valence-corrected chi connectivity index (χ0v) is 17.7. The standard InChI is InChI=1S/C23H30N2O4/c1-5-14-8-13-11-23(22(26)29-4)20-15(6-7-25(12-13)21(14)23)16-9-18(27-2)19(28-3)10-17(16)24-20/h9-10,13-14,21,24H,5-8,11-12H2,1-4H3/t13-,14-,21?,23+/m0/s1. The molecular formula is C23H30N2O4. The molecule has 0 spiro atoms. The van der Waals surface area contributed by atoms with E-state index in [0.717, 1.165) is 54.7 Å². The van der Waals surface area contributed by atoms with Gasteiger partial charge in [0.15, 0.2) is 11.5 Å². The van der Waals surface area contributed by atoms with Crippen molar-refractivity contribution in [2.24, 2.45) is 11.8 Å². The molecule has 3 fully saturated rings. The van der Waals surface area contributed by atoms with E-state index in [1.165, 1.54) is 19.1 Å². The van der Waals surface area contributed by atoms with Crippen LogP contribution in [-0.2, 0) is 21.4 Å². The maximum absolute atomic E-state index is 13.5. The molecule has 6 rings (SSSR count). The Morgan fingerprint density at radius 2 is 2.00 bits per heavy atom. The molecule has 29 heavy (non-hydrogen) atoms. The third-order valence-electron chi connectivity index (χ3n) is 7.66. The summed E-state index contributed by atoms with van der Waals surface area (Å²) in [5.41, 5.74) is 2.67. The Labute approximate surface area is 171 Å². The van der Waals surface area contributed by atoms with Gasteiger partial charge in [-0.1, -0.05) is 13.3 Å². The number of aromatic amines is 1. The molecule has 1 aromatic heterocycles. The second kappa shape index (κ2) is 6.66. The third kappa shape index (κ3) is 2.41. The van der Waals surface area contributed by atoms with Gasteiger partial charge in [0.2, 0.25) is 0 Å². The number of esters is 1. The fourth-order valence-electron chi connectivity index (χ4n) is 6.64. The third-order valence-corrected chi connectivity index (χ3v) is 7.66. The highest BCUT2D eigenvalue weighted by atomic mass is 16.5. The van der Waals surface area contributed by atoms with Crippen molar-refractivity contribution in [3.63, 3.8) is 0 Å². The van der Waals surface area contributed by atoms with Gasteiger partial charge in [-0.25, -0.2) is 0 Å². The van der Waals surface area contributed by atoms with Crippen molar-refractivity contribution in [2.75, 3.05) is 34.4 Å². The molecule has 6 nitrogen and oxygen atoms in total. The summed E-state index contributed by atoms with van der Waals surface area (Å²) in [6.07, 6.45) is 4.09. The molecule has 0 radical (unpaired) electrons. The molecule has 3 aliphatic heterocycles. The van der Waals surface area contributed by atoms with Crippen LogP contribution >= 0.6 is 0 Å². The number of carbonyl (C=O) groups is 1. The van der Waals surface area contributed by atoms with Crippen LogP contribution in [-0.4, -0.2) is 56.3 Å². The molecule has 156 valence electrons. The van der Waals surface area contributed by atoms with Crippen molar-refractivity contribution in [3.8, 4) is 11.5 Å². The van der Waals surface area contributed by atoms with Crippen LogP contribution in [0.4, 0.5) is 0 Å². The molecule has 2 saturated heterocycles. The van der Waals surface area contributed by atoms with E-state index in [2.05, 4.69) is 22.9 Å². The van der Waals surface area contributed by atoms with Gasteiger partial charge >= 0.3 is 5.97 Å². The number of hydrogen-bond donors (Lipinski definition) is 1. The Morgan fingerprint density at radius 3 is 2.69 bits per heavy atom. The molecule has 4 bridgehead atoms. The average Bonchev–Trinajstić information content (AvgIpc) is 3.08. The number of nitrogens with zero attached hydrogens (tertiary/aromatic N) is 1. The zero-order chi connectivity index (χ0) is 20.3. The summed E-state index contributed by atoms with van der Waals surface area (Å²) in [6.45, 7) is 4.33. The van der Waals surface area contributed by atoms with Crippen LogP contribution in [0.25, 0.3) is 10.9 Å². The molecule has 1 N–H and O–H groups in total. The lowest BCUT2D eigenvalue weighted by Gasteiger charge is -2.57. The van der Waals surface area contributed by atoms with Gasteiger partial charge in [0, 0.05) is 41.8 Å². The van der Waals surface area contributed by atoms with E-state index < -0.39 is 5.41 Å². The highest BCUT2D eigenvalue weighted by molar-refractivity contribution is 5.93. The normalized spacial score (nSPS) is 32.6. The molecule has 0 amide bonds. The van der Waals surface area contributed by atoms with Crippen molar-refractivity contribution >= 4 is 16.9 Å². The lowest BCUT2D eigenvalue weighted by Crippen LogP contribution is -2.67. The van der Waals surface area contributed by atoms with Crippen LogP contribution < -0.4 is 9.47 Å². The van der Waals surface area contributed by atoms with Crippen LogP contribution in [0, 0.1) is 11.8 Å². The van der Waals surface area contributed by atoms with E-state index in [9.17, 15) is 4.79 Å². The minimum atomic E-state index is -0.623. The number of methoxy groups -OCH3 is 3. The quantitative estimate of drug-likeness (QED) is 0.801. The summed E-state index contributed by atoms with van der Waals surface area (Å²) in [4.78, 5) is 19.7. The van der Waals surface area contributed by atoms with E-state index in [4.69, 9.17) is 14.2 Å². The van der Waals surface area contributed by atoms with Crippen LogP contribution in [0.5, 0.6) is 11.5 Å². The van der Waals surface area contributed by atoms with E-state index in [1.807, 2.05) is 6.07 Å². The summed E-state index contributed by atoms with van der Waals surface area (Å²) in [5, 5.41) is 1.12. The van der Waals surface area contributed by atoms with E-state index >= 15 is 0 Å². The van der Waals surface area contributed by atoms with Crippen molar-refractivity contribution in [2.45, 2.75) is 44.1 Å². The largest absolute Gasteiger partial charge is 0.493 e. The number of ether oxygens (including phenoxy) is 3. The van der Waals surface area contributed by atoms with Gasteiger partial charge in [0.05, 0.1) is 21.3 Å². The number of carbonyl (C=O) groups excluding carboxylic acids is 1.